The lowest BCUT2D eigenvalue weighted by molar-refractivity contribution is 0.430. The Morgan fingerprint density at radius 3 is 2.47 bits per heavy atom. The SMILES string of the molecule is C=CCN(CC=C)C1=CC2C(C)C2C=C1. The Morgan fingerprint density at radius 1 is 1.27 bits per heavy atom. The molecule has 0 aromatic heterocycles. The van der Waals surface area contributed by atoms with Gasteiger partial charge in [-0.1, -0.05) is 31.2 Å². The zero-order valence-electron chi connectivity index (χ0n) is 9.39. The van der Waals surface area contributed by atoms with E-state index in [9.17, 15) is 0 Å². The fourth-order valence-electron chi connectivity index (χ4n) is 2.36. The lowest BCUT2D eigenvalue weighted by Crippen LogP contribution is -2.23. The molecular weight excluding hydrogens is 182 g/mol. The van der Waals surface area contributed by atoms with Crippen LogP contribution in [0.5, 0.6) is 0 Å². The van der Waals surface area contributed by atoms with Crippen LogP contribution in [0.1, 0.15) is 6.92 Å². The summed E-state index contributed by atoms with van der Waals surface area (Å²) in [7, 11) is 0. The van der Waals surface area contributed by atoms with Crippen molar-refractivity contribution in [2.24, 2.45) is 17.8 Å². The molecule has 0 aromatic rings. The van der Waals surface area contributed by atoms with E-state index in [1.165, 1.54) is 5.70 Å². The van der Waals surface area contributed by atoms with E-state index in [4.69, 9.17) is 0 Å². The van der Waals surface area contributed by atoms with Crippen molar-refractivity contribution >= 4 is 0 Å². The van der Waals surface area contributed by atoms with Crippen LogP contribution in [-0.2, 0) is 0 Å². The number of nitrogens with zero attached hydrogens (tertiary/aromatic N) is 1. The van der Waals surface area contributed by atoms with Gasteiger partial charge in [0.1, 0.15) is 0 Å². The van der Waals surface area contributed by atoms with Crippen LogP contribution in [-0.4, -0.2) is 18.0 Å². The Balaban J connectivity index is 2.08. The molecule has 0 saturated heterocycles. The minimum Gasteiger partial charge on any atom is -0.364 e. The van der Waals surface area contributed by atoms with E-state index in [1.54, 1.807) is 0 Å². The van der Waals surface area contributed by atoms with E-state index in [0.29, 0.717) is 0 Å². The summed E-state index contributed by atoms with van der Waals surface area (Å²) in [6.07, 6.45) is 10.9. The highest BCUT2D eigenvalue weighted by molar-refractivity contribution is 5.32. The summed E-state index contributed by atoms with van der Waals surface area (Å²) in [4.78, 5) is 2.30. The van der Waals surface area contributed by atoms with Gasteiger partial charge in [-0.05, 0) is 23.8 Å². The highest BCUT2D eigenvalue weighted by atomic mass is 15.1. The van der Waals surface area contributed by atoms with Crippen LogP contribution in [0.3, 0.4) is 0 Å². The lowest BCUT2D eigenvalue weighted by Gasteiger charge is -2.24. The normalized spacial score (nSPS) is 31.5. The van der Waals surface area contributed by atoms with Crippen LogP contribution >= 0.6 is 0 Å². The second-order valence-corrected chi connectivity index (χ2v) is 4.45. The summed E-state index contributed by atoms with van der Waals surface area (Å²) in [5, 5.41) is 0. The van der Waals surface area contributed by atoms with Gasteiger partial charge in [0.15, 0.2) is 0 Å². The summed E-state index contributed by atoms with van der Waals surface area (Å²) in [6.45, 7) is 11.7. The predicted molar refractivity (Wildman–Crippen MR) is 65.3 cm³/mol. The molecule has 0 aromatic carbocycles. The lowest BCUT2D eigenvalue weighted by atomic mass is 10.1. The molecule has 0 amide bonds. The molecular formula is C14H19N. The maximum atomic E-state index is 3.79. The fraction of sp³-hybridized carbons (Fsp3) is 0.429. The topological polar surface area (TPSA) is 3.24 Å². The van der Waals surface area contributed by atoms with Crippen molar-refractivity contribution in [3.8, 4) is 0 Å². The smallest absolute Gasteiger partial charge is 0.0360 e. The number of allylic oxidation sites excluding steroid dienone is 3. The van der Waals surface area contributed by atoms with Crippen LogP contribution in [0.2, 0.25) is 0 Å². The predicted octanol–water partition coefficient (Wildman–Crippen LogP) is 3.00. The Kier molecular flexibility index (Phi) is 2.81. The van der Waals surface area contributed by atoms with Crippen molar-refractivity contribution in [3.05, 3.63) is 49.2 Å². The average molecular weight is 201 g/mol. The van der Waals surface area contributed by atoms with Crippen LogP contribution in [0.15, 0.2) is 49.2 Å². The van der Waals surface area contributed by atoms with Gasteiger partial charge in [0.25, 0.3) is 0 Å². The molecule has 0 aliphatic heterocycles. The molecule has 2 rings (SSSR count). The van der Waals surface area contributed by atoms with E-state index in [2.05, 4.69) is 43.2 Å². The summed E-state index contributed by atoms with van der Waals surface area (Å²) in [5.41, 5.74) is 1.33. The first kappa shape index (κ1) is 10.3. The summed E-state index contributed by atoms with van der Waals surface area (Å²) >= 11 is 0. The Morgan fingerprint density at radius 2 is 1.93 bits per heavy atom. The molecule has 1 nitrogen and oxygen atoms in total. The standard InChI is InChI=1S/C14H19N/c1-4-8-15(9-5-2)12-6-7-13-11(3)14(13)10-12/h4-7,10-11,13-14H,1-2,8-9H2,3H3. The molecule has 0 bridgehead atoms. The van der Waals surface area contributed by atoms with Crippen LogP contribution in [0.4, 0.5) is 0 Å². The van der Waals surface area contributed by atoms with E-state index in [1.807, 2.05) is 12.2 Å². The van der Waals surface area contributed by atoms with Gasteiger partial charge in [-0.2, -0.15) is 0 Å². The van der Waals surface area contributed by atoms with Gasteiger partial charge in [0.2, 0.25) is 0 Å². The molecule has 1 heteroatoms. The monoisotopic (exact) mass is 201 g/mol. The van der Waals surface area contributed by atoms with E-state index in [-0.39, 0.29) is 0 Å². The van der Waals surface area contributed by atoms with Gasteiger partial charge >= 0.3 is 0 Å². The van der Waals surface area contributed by atoms with E-state index in [0.717, 1.165) is 30.8 Å². The number of rotatable bonds is 5. The molecule has 0 spiro atoms. The Bertz CT molecular complexity index is 314. The van der Waals surface area contributed by atoms with E-state index >= 15 is 0 Å². The zero-order valence-corrected chi connectivity index (χ0v) is 9.39. The minimum atomic E-state index is 0.780. The van der Waals surface area contributed by atoms with Crippen molar-refractivity contribution in [2.75, 3.05) is 13.1 Å². The van der Waals surface area contributed by atoms with Crippen LogP contribution < -0.4 is 0 Å². The molecule has 0 heterocycles. The Hall–Kier alpha value is -1.24. The maximum absolute atomic E-state index is 3.79. The highest BCUT2D eigenvalue weighted by Crippen LogP contribution is 2.50. The molecule has 1 fully saturated rings. The van der Waals surface area contributed by atoms with Crippen molar-refractivity contribution in [2.45, 2.75) is 6.92 Å². The van der Waals surface area contributed by atoms with Crippen LogP contribution in [0, 0.1) is 17.8 Å². The molecule has 0 N–H and O–H groups in total. The van der Waals surface area contributed by atoms with Gasteiger partial charge in [0.05, 0.1) is 0 Å². The van der Waals surface area contributed by atoms with E-state index < -0.39 is 0 Å². The number of hydrogen-bond donors (Lipinski definition) is 0. The van der Waals surface area contributed by atoms with Gasteiger partial charge in [-0.25, -0.2) is 0 Å². The summed E-state index contributed by atoms with van der Waals surface area (Å²) < 4.78 is 0. The molecule has 2 aliphatic rings. The molecule has 80 valence electrons. The first-order chi connectivity index (χ1) is 7.27. The summed E-state index contributed by atoms with van der Waals surface area (Å²) in [6, 6.07) is 0. The second kappa shape index (κ2) is 4.09. The minimum absolute atomic E-state index is 0.780. The molecule has 15 heavy (non-hydrogen) atoms. The van der Waals surface area contributed by atoms with Crippen molar-refractivity contribution < 1.29 is 0 Å². The van der Waals surface area contributed by atoms with Gasteiger partial charge in [0, 0.05) is 18.8 Å². The third kappa shape index (κ3) is 1.92. The van der Waals surface area contributed by atoms with Gasteiger partial charge in [-0.3, -0.25) is 0 Å². The highest BCUT2D eigenvalue weighted by Gasteiger charge is 2.44. The number of fused-ring (bicyclic) bond motifs is 1. The summed E-state index contributed by atoms with van der Waals surface area (Å²) in [5.74, 6) is 2.43. The Labute approximate surface area is 92.5 Å². The molecule has 0 radical (unpaired) electrons. The first-order valence-corrected chi connectivity index (χ1v) is 5.64. The van der Waals surface area contributed by atoms with Gasteiger partial charge in [-0.15, -0.1) is 13.2 Å². The molecule has 2 aliphatic carbocycles. The fourth-order valence-corrected chi connectivity index (χ4v) is 2.36. The zero-order chi connectivity index (χ0) is 10.8. The number of hydrogen-bond acceptors (Lipinski definition) is 1. The van der Waals surface area contributed by atoms with Crippen molar-refractivity contribution in [1.29, 1.82) is 0 Å². The quantitative estimate of drug-likeness (QED) is 0.618. The van der Waals surface area contributed by atoms with Crippen molar-refractivity contribution in [3.63, 3.8) is 0 Å². The first-order valence-electron chi connectivity index (χ1n) is 5.64. The largest absolute Gasteiger partial charge is 0.364 e. The maximum Gasteiger partial charge on any atom is 0.0360 e. The van der Waals surface area contributed by atoms with Gasteiger partial charge < -0.3 is 4.90 Å². The van der Waals surface area contributed by atoms with Crippen LogP contribution in [0.25, 0.3) is 0 Å². The third-order valence-corrected chi connectivity index (χ3v) is 3.43. The molecule has 3 unspecified atom stereocenters. The third-order valence-electron chi connectivity index (χ3n) is 3.43. The second-order valence-electron chi connectivity index (χ2n) is 4.45. The molecule has 1 saturated carbocycles. The van der Waals surface area contributed by atoms with Crippen molar-refractivity contribution in [1.82, 2.24) is 4.90 Å². The molecule has 3 atom stereocenters. The average Bonchev–Trinajstić information content (AvgIpc) is 2.89.